The summed E-state index contributed by atoms with van der Waals surface area (Å²) in [6, 6.07) is 16.1. The van der Waals surface area contributed by atoms with Crippen LogP contribution in [-0.2, 0) is 9.53 Å². The third-order valence-electron chi connectivity index (χ3n) is 3.47. The number of aromatic nitrogens is 4. The smallest absolute Gasteiger partial charge is 0.340 e. The van der Waals surface area contributed by atoms with Crippen LogP contribution in [0.2, 0.25) is 0 Å². The van der Waals surface area contributed by atoms with Crippen molar-refractivity contribution in [1.82, 2.24) is 20.2 Å². The zero-order chi connectivity index (χ0) is 19.1. The molecule has 0 fully saturated rings. The first-order chi connectivity index (χ1) is 13.2. The van der Waals surface area contributed by atoms with Crippen molar-refractivity contribution in [3.05, 3.63) is 60.2 Å². The summed E-state index contributed by atoms with van der Waals surface area (Å²) >= 11 is 1.20. The van der Waals surface area contributed by atoms with Crippen molar-refractivity contribution in [2.45, 2.75) is 12.1 Å². The van der Waals surface area contributed by atoms with Gasteiger partial charge in [-0.2, -0.15) is 4.68 Å². The van der Waals surface area contributed by atoms with Crippen LogP contribution in [0.4, 0.5) is 5.69 Å². The number of tetrazole rings is 1. The Morgan fingerprint density at radius 1 is 1.11 bits per heavy atom. The third-order valence-corrected chi connectivity index (χ3v) is 4.39. The Labute approximate surface area is 159 Å². The first-order valence-corrected chi connectivity index (χ1v) is 9.20. The normalized spacial score (nSPS) is 10.4. The van der Waals surface area contributed by atoms with Gasteiger partial charge in [0.25, 0.3) is 0 Å². The second kappa shape index (κ2) is 8.95. The van der Waals surface area contributed by atoms with Gasteiger partial charge in [0.05, 0.1) is 29.3 Å². The van der Waals surface area contributed by atoms with Crippen LogP contribution >= 0.6 is 11.8 Å². The van der Waals surface area contributed by atoms with Gasteiger partial charge in [0.15, 0.2) is 0 Å². The van der Waals surface area contributed by atoms with Gasteiger partial charge in [-0.1, -0.05) is 42.1 Å². The maximum Gasteiger partial charge on any atom is 0.340 e. The molecular formula is C18H17N5O3S. The second-order valence-corrected chi connectivity index (χ2v) is 6.25. The maximum absolute atomic E-state index is 12.3. The van der Waals surface area contributed by atoms with Gasteiger partial charge in [0.1, 0.15) is 0 Å². The first kappa shape index (κ1) is 18.6. The van der Waals surface area contributed by atoms with Crippen LogP contribution in [0.1, 0.15) is 17.3 Å². The van der Waals surface area contributed by atoms with E-state index in [1.165, 1.54) is 11.8 Å². The fraction of sp³-hybridized carbons (Fsp3) is 0.167. The molecule has 3 rings (SSSR count). The number of rotatable bonds is 7. The van der Waals surface area contributed by atoms with E-state index in [9.17, 15) is 9.59 Å². The zero-order valence-electron chi connectivity index (χ0n) is 14.5. The van der Waals surface area contributed by atoms with Gasteiger partial charge in [-0.3, -0.25) is 4.79 Å². The highest BCUT2D eigenvalue weighted by molar-refractivity contribution is 7.99. The Morgan fingerprint density at radius 3 is 2.63 bits per heavy atom. The SMILES string of the molecule is CCOC(=O)c1ccccc1NC(=O)CSc1nnnn1-c1ccccc1. The molecule has 0 spiro atoms. The van der Waals surface area contributed by atoms with E-state index in [1.807, 2.05) is 30.3 Å². The first-order valence-electron chi connectivity index (χ1n) is 8.21. The largest absolute Gasteiger partial charge is 0.462 e. The highest BCUT2D eigenvalue weighted by Gasteiger charge is 2.15. The highest BCUT2D eigenvalue weighted by Crippen LogP contribution is 2.20. The van der Waals surface area contributed by atoms with Gasteiger partial charge in [-0.15, -0.1) is 5.10 Å². The number of hydrogen-bond acceptors (Lipinski definition) is 7. The number of anilines is 1. The quantitative estimate of drug-likeness (QED) is 0.494. The topological polar surface area (TPSA) is 99.0 Å². The Morgan fingerprint density at radius 2 is 1.85 bits per heavy atom. The lowest BCUT2D eigenvalue weighted by Gasteiger charge is -2.10. The molecule has 0 atom stereocenters. The highest BCUT2D eigenvalue weighted by atomic mass is 32.2. The summed E-state index contributed by atoms with van der Waals surface area (Å²) in [6.07, 6.45) is 0. The number of ether oxygens (including phenoxy) is 1. The lowest BCUT2D eigenvalue weighted by molar-refractivity contribution is -0.113. The molecule has 0 bridgehead atoms. The van der Waals surface area contributed by atoms with Crippen LogP contribution in [0.5, 0.6) is 0 Å². The van der Waals surface area contributed by atoms with Crippen molar-refractivity contribution in [3.8, 4) is 5.69 Å². The number of para-hydroxylation sites is 2. The molecule has 9 heteroatoms. The van der Waals surface area contributed by atoms with Crippen molar-refractivity contribution in [1.29, 1.82) is 0 Å². The van der Waals surface area contributed by atoms with Crippen LogP contribution in [0.25, 0.3) is 5.69 Å². The fourth-order valence-electron chi connectivity index (χ4n) is 2.30. The average molecular weight is 383 g/mol. The van der Waals surface area contributed by atoms with Crippen LogP contribution in [0.15, 0.2) is 59.8 Å². The van der Waals surface area contributed by atoms with Crippen molar-refractivity contribution in [2.24, 2.45) is 0 Å². The van der Waals surface area contributed by atoms with E-state index in [1.54, 1.807) is 35.9 Å². The van der Waals surface area contributed by atoms with E-state index >= 15 is 0 Å². The van der Waals surface area contributed by atoms with E-state index in [4.69, 9.17) is 4.74 Å². The van der Waals surface area contributed by atoms with Gasteiger partial charge in [0.2, 0.25) is 11.1 Å². The molecule has 0 saturated carbocycles. The number of thioether (sulfide) groups is 1. The van der Waals surface area contributed by atoms with E-state index in [0.717, 1.165) is 5.69 Å². The third kappa shape index (κ3) is 4.70. The zero-order valence-corrected chi connectivity index (χ0v) is 15.3. The van der Waals surface area contributed by atoms with Gasteiger partial charge >= 0.3 is 5.97 Å². The molecule has 1 amide bonds. The summed E-state index contributed by atoms with van der Waals surface area (Å²) in [5, 5.41) is 14.8. The number of benzene rings is 2. The predicted octanol–water partition coefficient (Wildman–Crippen LogP) is 2.57. The number of esters is 1. The molecule has 1 aromatic heterocycles. The van der Waals surface area contributed by atoms with Gasteiger partial charge in [-0.05, 0) is 41.6 Å². The second-order valence-electron chi connectivity index (χ2n) is 5.31. The lowest BCUT2D eigenvalue weighted by Crippen LogP contribution is -2.17. The number of amides is 1. The monoisotopic (exact) mass is 383 g/mol. The number of nitrogens with zero attached hydrogens (tertiary/aromatic N) is 4. The van der Waals surface area contributed by atoms with Crippen molar-refractivity contribution in [3.63, 3.8) is 0 Å². The fourth-order valence-corrected chi connectivity index (χ4v) is 2.99. The molecule has 0 unspecified atom stereocenters. The van der Waals surface area contributed by atoms with Crippen LogP contribution in [0.3, 0.4) is 0 Å². The molecule has 0 saturated heterocycles. The molecule has 3 aromatic rings. The number of carbonyl (C=O) groups is 2. The van der Waals surface area contributed by atoms with Crippen molar-refractivity contribution in [2.75, 3.05) is 17.7 Å². The predicted molar refractivity (Wildman–Crippen MR) is 101 cm³/mol. The summed E-state index contributed by atoms with van der Waals surface area (Å²) in [5.41, 5.74) is 1.52. The molecule has 0 aliphatic carbocycles. The minimum absolute atomic E-state index is 0.0877. The number of nitrogens with one attached hydrogen (secondary N) is 1. The van der Waals surface area contributed by atoms with Crippen LogP contribution < -0.4 is 5.32 Å². The standard InChI is InChI=1S/C18H17N5O3S/c1-2-26-17(25)14-10-6-7-11-15(14)19-16(24)12-27-18-20-21-22-23(18)13-8-4-3-5-9-13/h3-11H,2,12H2,1H3,(H,19,24). The Bertz CT molecular complexity index is 930. The molecular weight excluding hydrogens is 366 g/mol. The van der Waals surface area contributed by atoms with Gasteiger partial charge in [-0.25, -0.2) is 4.79 Å². The molecule has 27 heavy (non-hydrogen) atoms. The van der Waals surface area contributed by atoms with Crippen molar-refractivity contribution >= 4 is 29.3 Å². The minimum atomic E-state index is -0.478. The van der Waals surface area contributed by atoms with E-state index in [-0.39, 0.29) is 18.3 Å². The molecule has 2 aromatic carbocycles. The molecule has 1 N–H and O–H groups in total. The number of hydrogen-bond donors (Lipinski definition) is 1. The average Bonchev–Trinajstić information content (AvgIpc) is 3.16. The Hall–Kier alpha value is -3.20. The molecule has 0 radical (unpaired) electrons. The lowest BCUT2D eigenvalue weighted by atomic mass is 10.2. The summed E-state index contributed by atoms with van der Waals surface area (Å²) < 4.78 is 6.57. The summed E-state index contributed by atoms with van der Waals surface area (Å²) in [6.45, 7) is 1.99. The van der Waals surface area contributed by atoms with Crippen LogP contribution in [0, 0.1) is 0 Å². The molecule has 0 aliphatic heterocycles. The number of carbonyl (C=O) groups excluding carboxylic acids is 2. The summed E-state index contributed by atoms with van der Waals surface area (Å²) in [4.78, 5) is 24.3. The molecule has 8 nitrogen and oxygen atoms in total. The molecule has 0 aliphatic rings. The Kier molecular flexibility index (Phi) is 6.16. The van der Waals surface area contributed by atoms with Crippen molar-refractivity contribution < 1.29 is 14.3 Å². The molecule has 1 heterocycles. The van der Waals surface area contributed by atoms with Gasteiger partial charge in [0, 0.05) is 0 Å². The summed E-state index contributed by atoms with van der Waals surface area (Å²) in [5.74, 6) is -0.668. The Balaban J connectivity index is 1.65. The summed E-state index contributed by atoms with van der Waals surface area (Å²) in [7, 11) is 0. The van der Waals surface area contributed by atoms with E-state index < -0.39 is 5.97 Å². The van der Waals surface area contributed by atoms with E-state index in [0.29, 0.717) is 16.4 Å². The minimum Gasteiger partial charge on any atom is -0.462 e. The molecule has 138 valence electrons. The maximum atomic E-state index is 12.3. The van der Waals surface area contributed by atoms with Crippen LogP contribution in [-0.4, -0.2) is 44.4 Å². The van der Waals surface area contributed by atoms with E-state index in [2.05, 4.69) is 20.8 Å². The van der Waals surface area contributed by atoms with Gasteiger partial charge < -0.3 is 10.1 Å².